The molecule has 0 spiro atoms. The molecule has 4 heteroatoms. The number of amides is 1. The van der Waals surface area contributed by atoms with Crippen molar-refractivity contribution in [3.05, 3.63) is 29.3 Å². The first-order valence-corrected chi connectivity index (χ1v) is 8.07. The molecule has 0 radical (unpaired) electrons. The van der Waals surface area contributed by atoms with Crippen molar-refractivity contribution in [1.82, 2.24) is 0 Å². The van der Waals surface area contributed by atoms with Crippen molar-refractivity contribution in [2.24, 2.45) is 0 Å². The molecule has 1 amide bonds. The van der Waals surface area contributed by atoms with Gasteiger partial charge in [0.15, 0.2) is 5.78 Å². The lowest BCUT2D eigenvalue weighted by Gasteiger charge is -2.30. The fourth-order valence-electron chi connectivity index (χ4n) is 2.59. The maximum Gasteiger partial charge on any atom is 0.226 e. The SMILES string of the molecule is CCCC(=O)N1CCCc2cc(C(=O)C(C)Br)ccc21. The Morgan fingerprint density at radius 2 is 2.15 bits per heavy atom. The number of rotatable bonds is 4. The molecule has 1 aliphatic rings. The van der Waals surface area contributed by atoms with E-state index < -0.39 is 0 Å². The van der Waals surface area contributed by atoms with Crippen molar-refractivity contribution in [2.45, 2.75) is 44.4 Å². The zero-order valence-electron chi connectivity index (χ0n) is 12.0. The van der Waals surface area contributed by atoms with Crippen molar-refractivity contribution in [2.75, 3.05) is 11.4 Å². The monoisotopic (exact) mass is 337 g/mol. The Labute approximate surface area is 128 Å². The fourth-order valence-corrected chi connectivity index (χ4v) is 2.85. The van der Waals surface area contributed by atoms with Gasteiger partial charge in [-0.25, -0.2) is 0 Å². The molecule has 1 aromatic rings. The predicted octanol–water partition coefficient (Wildman–Crippen LogP) is 3.73. The quantitative estimate of drug-likeness (QED) is 0.620. The second-order valence-corrected chi connectivity index (χ2v) is 6.60. The summed E-state index contributed by atoms with van der Waals surface area (Å²) >= 11 is 3.31. The molecule has 2 rings (SSSR count). The van der Waals surface area contributed by atoms with Crippen LogP contribution in [0.4, 0.5) is 5.69 Å². The number of nitrogens with zero attached hydrogens (tertiary/aromatic N) is 1. The van der Waals surface area contributed by atoms with Gasteiger partial charge < -0.3 is 4.90 Å². The molecule has 1 aromatic carbocycles. The van der Waals surface area contributed by atoms with Crippen LogP contribution in [0.15, 0.2) is 18.2 Å². The molecule has 0 fully saturated rings. The van der Waals surface area contributed by atoms with E-state index in [9.17, 15) is 9.59 Å². The molecule has 20 heavy (non-hydrogen) atoms. The Hall–Kier alpha value is -1.16. The normalized spacial score (nSPS) is 15.7. The number of carbonyl (C=O) groups excluding carboxylic acids is 2. The molecule has 1 atom stereocenters. The summed E-state index contributed by atoms with van der Waals surface area (Å²) in [5, 5.41) is 0. The number of fused-ring (bicyclic) bond motifs is 1. The first kappa shape index (κ1) is 15.2. The van der Waals surface area contributed by atoms with Gasteiger partial charge in [-0.1, -0.05) is 22.9 Å². The maximum absolute atomic E-state index is 12.1. The van der Waals surface area contributed by atoms with Crippen LogP contribution >= 0.6 is 15.9 Å². The third-order valence-corrected chi connectivity index (χ3v) is 4.02. The average Bonchev–Trinajstić information content (AvgIpc) is 2.45. The molecule has 0 saturated heterocycles. The average molecular weight is 338 g/mol. The van der Waals surface area contributed by atoms with E-state index in [4.69, 9.17) is 0 Å². The van der Waals surface area contributed by atoms with Gasteiger partial charge in [-0.15, -0.1) is 0 Å². The minimum absolute atomic E-state index is 0.0878. The van der Waals surface area contributed by atoms with Crippen LogP contribution in [-0.4, -0.2) is 23.1 Å². The zero-order valence-corrected chi connectivity index (χ0v) is 13.6. The van der Waals surface area contributed by atoms with Crippen molar-refractivity contribution in [1.29, 1.82) is 0 Å². The first-order chi connectivity index (χ1) is 9.54. The number of ketones is 1. The van der Waals surface area contributed by atoms with Gasteiger partial charge in [-0.2, -0.15) is 0 Å². The van der Waals surface area contributed by atoms with E-state index in [1.165, 1.54) is 0 Å². The van der Waals surface area contributed by atoms with Crippen LogP contribution in [-0.2, 0) is 11.2 Å². The van der Waals surface area contributed by atoms with Crippen LogP contribution in [0.5, 0.6) is 0 Å². The number of Topliss-reactive ketones (excluding diaryl/α,β-unsaturated/α-hetero) is 1. The summed E-state index contributed by atoms with van der Waals surface area (Å²) in [5.41, 5.74) is 2.81. The highest BCUT2D eigenvalue weighted by Gasteiger charge is 2.23. The number of anilines is 1. The van der Waals surface area contributed by atoms with Gasteiger partial charge in [0, 0.05) is 24.2 Å². The highest BCUT2D eigenvalue weighted by atomic mass is 79.9. The van der Waals surface area contributed by atoms with Crippen LogP contribution in [0.25, 0.3) is 0 Å². The Morgan fingerprint density at radius 1 is 1.40 bits per heavy atom. The smallest absolute Gasteiger partial charge is 0.226 e. The van der Waals surface area contributed by atoms with Gasteiger partial charge >= 0.3 is 0 Å². The zero-order chi connectivity index (χ0) is 14.7. The molecule has 1 unspecified atom stereocenters. The van der Waals surface area contributed by atoms with Crippen molar-refractivity contribution in [3.63, 3.8) is 0 Å². The lowest BCUT2D eigenvalue weighted by molar-refractivity contribution is -0.118. The molecule has 108 valence electrons. The number of aryl methyl sites for hydroxylation is 1. The largest absolute Gasteiger partial charge is 0.312 e. The van der Waals surface area contributed by atoms with Crippen LogP contribution in [0.3, 0.4) is 0 Å². The van der Waals surface area contributed by atoms with Crippen LogP contribution in [0.1, 0.15) is 49.0 Å². The highest BCUT2D eigenvalue weighted by Crippen LogP contribution is 2.29. The maximum atomic E-state index is 12.1. The minimum Gasteiger partial charge on any atom is -0.312 e. The molecule has 1 aliphatic heterocycles. The van der Waals surface area contributed by atoms with E-state index in [1.54, 1.807) is 0 Å². The molecule has 0 saturated carbocycles. The summed E-state index contributed by atoms with van der Waals surface area (Å²) in [6.45, 7) is 4.63. The van der Waals surface area contributed by atoms with Gasteiger partial charge in [0.1, 0.15) is 0 Å². The summed E-state index contributed by atoms with van der Waals surface area (Å²) < 4.78 is 0. The highest BCUT2D eigenvalue weighted by molar-refractivity contribution is 9.10. The minimum atomic E-state index is -0.179. The Kier molecular flexibility index (Phi) is 4.97. The van der Waals surface area contributed by atoms with Gasteiger partial charge in [0.2, 0.25) is 5.91 Å². The second-order valence-electron chi connectivity index (χ2n) is 5.22. The Morgan fingerprint density at radius 3 is 2.80 bits per heavy atom. The van der Waals surface area contributed by atoms with E-state index in [-0.39, 0.29) is 16.5 Å². The van der Waals surface area contributed by atoms with Gasteiger partial charge in [0.05, 0.1) is 4.83 Å². The standard InChI is InChI=1S/C16H20BrNO2/c1-3-5-15(19)18-9-4-6-12-10-13(7-8-14(12)18)16(20)11(2)17/h7-8,10-11H,3-6,9H2,1-2H3. The molecular weight excluding hydrogens is 318 g/mol. The molecule has 0 aromatic heterocycles. The first-order valence-electron chi connectivity index (χ1n) is 7.16. The van der Waals surface area contributed by atoms with Crippen molar-refractivity contribution < 1.29 is 9.59 Å². The summed E-state index contributed by atoms with van der Waals surface area (Å²) in [4.78, 5) is 25.9. The number of benzene rings is 1. The number of halogens is 1. The molecular formula is C16H20BrNO2. The molecule has 3 nitrogen and oxygen atoms in total. The van der Waals surface area contributed by atoms with Gasteiger partial charge in [-0.3, -0.25) is 9.59 Å². The lowest BCUT2D eigenvalue weighted by atomic mass is 9.97. The van der Waals surface area contributed by atoms with Crippen LogP contribution < -0.4 is 4.90 Å². The molecule has 1 heterocycles. The second kappa shape index (κ2) is 6.53. The van der Waals surface area contributed by atoms with E-state index in [0.717, 1.165) is 42.6 Å². The fraction of sp³-hybridized carbons (Fsp3) is 0.500. The van der Waals surface area contributed by atoms with E-state index >= 15 is 0 Å². The predicted molar refractivity (Wildman–Crippen MR) is 84.7 cm³/mol. The van der Waals surface area contributed by atoms with Crippen molar-refractivity contribution >= 4 is 33.3 Å². The topological polar surface area (TPSA) is 37.4 Å². The number of hydrogen-bond donors (Lipinski definition) is 0. The Balaban J connectivity index is 2.30. The Bertz CT molecular complexity index is 525. The van der Waals surface area contributed by atoms with E-state index in [2.05, 4.69) is 15.9 Å². The number of carbonyl (C=O) groups is 2. The van der Waals surface area contributed by atoms with Gasteiger partial charge in [0.25, 0.3) is 0 Å². The third-order valence-electron chi connectivity index (χ3n) is 3.61. The third kappa shape index (κ3) is 3.11. The molecule has 0 N–H and O–H groups in total. The summed E-state index contributed by atoms with van der Waals surface area (Å²) in [7, 11) is 0. The summed E-state index contributed by atoms with van der Waals surface area (Å²) in [5.74, 6) is 0.270. The molecule has 0 aliphatic carbocycles. The number of alkyl halides is 1. The van der Waals surface area contributed by atoms with Gasteiger partial charge in [-0.05, 0) is 49.9 Å². The van der Waals surface area contributed by atoms with E-state index in [1.807, 2.05) is 36.9 Å². The summed E-state index contributed by atoms with van der Waals surface area (Å²) in [6.07, 6.45) is 3.34. The molecule has 0 bridgehead atoms. The van der Waals surface area contributed by atoms with E-state index in [0.29, 0.717) is 6.42 Å². The number of hydrogen-bond acceptors (Lipinski definition) is 2. The van der Waals surface area contributed by atoms with Crippen LogP contribution in [0.2, 0.25) is 0 Å². The van der Waals surface area contributed by atoms with Crippen LogP contribution in [0, 0.1) is 0 Å². The van der Waals surface area contributed by atoms with Crippen molar-refractivity contribution in [3.8, 4) is 0 Å². The summed E-state index contributed by atoms with van der Waals surface area (Å²) in [6, 6.07) is 5.70. The lowest BCUT2D eigenvalue weighted by Crippen LogP contribution is -2.35.